The highest BCUT2D eigenvalue weighted by molar-refractivity contribution is 5.91. The Balaban J connectivity index is 2.43. The van der Waals surface area contributed by atoms with Gasteiger partial charge in [0.1, 0.15) is 0 Å². The van der Waals surface area contributed by atoms with Crippen LogP contribution in [-0.2, 0) is 6.18 Å². The van der Waals surface area contributed by atoms with Crippen LogP contribution in [0.3, 0.4) is 0 Å². The lowest BCUT2D eigenvalue weighted by Gasteiger charge is -2.11. The lowest BCUT2D eigenvalue weighted by molar-refractivity contribution is -0.137. The second-order valence-electron chi connectivity index (χ2n) is 2.53. The molecule has 0 saturated heterocycles. The Hall–Kier alpha value is -1.52. The lowest BCUT2D eigenvalue weighted by Crippen LogP contribution is -2.09. The molecule has 0 N–H and O–H groups in total. The van der Waals surface area contributed by atoms with Crippen LogP contribution in [0.5, 0.6) is 0 Å². The first-order valence-electron chi connectivity index (χ1n) is 3.52. The van der Waals surface area contributed by atoms with Gasteiger partial charge in [-0.25, -0.2) is 5.01 Å². The third-order valence-corrected chi connectivity index (χ3v) is 1.64. The monoisotopic (exact) mass is 185 g/mol. The van der Waals surface area contributed by atoms with E-state index >= 15 is 0 Å². The summed E-state index contributed by atoms with van der Waals surface area (Å²) < 4.78 is 37.0. The Labute approximate surface area is 72.3 Å². The van der Waals surface area contributed by atoms with Crippen molar-refractivity contribution < 1.29 is 13.2 Å². The number of benzene rings is 1. The molecule has 0 amide bonds. The van der Waals surface area contributed by atoms with Crippen LogP contribution in [0, 0.1) is 0 Å². The zero-order valence-electron chi connectivity index (χ0n) is 6.34. The number of halogens is 3. The molecule has 0 bridgehead atoms. The minimum Gasteiger partial charge on any atom is -0.207 e. The summed E-state index contributed by atoms with van der Waals surface area (Å²) in [5.74, 6) is 0. The van der Waals surface area contributed by atoms with Crippen molar-refractivity contribution >= 4 is 12.0 Å². The number of hydrazone groups is 1. The van der Waals surface area contributed by atoms with Gasteiger partial charge in [0.15, 0.2) is 0 Å². The van der Waals surface area contributed by atoms with Gasteiger partial charge in [-0.1, -0.05) is 12.1 Å². The second-order valence-corrected chi connectivity index (χ2v) is 2.53. The van der Waals surface area contributed by atoms with Gasteiger partial charge in [-0.05, 0) is 12.1 Å². The molecule has 0 atom stereocenters. The summed E-state index contributed by atoms with van der Waals surface area (Å²) in [5.41, 5.74) is -0.668. The Bertz CT molecular complexity index is 351. The van der Waals surface area contributed by atoms with E-state index in [0.717, 1.165) is 11.1 Å². The molecule has 0 aromatic heterocycles. The van der Waals surface area contributed by atoms with Crippen molar-refractivity contribution in [1.82, 2.24) is 0 Å². The first kappa shape index (κ1) is 8.10. The minimum absolute atomic E-state index is 0.0231. The Kier molecular flexibility index (Phi) is 1.55. The molecule has 1 aromatic rings. The molecule has 2 nitrogen and oxygen atoms in total. The van der Waals surface area contributed by atoms with Crippen LogP contribution < -0.4 is 5.01 Å². The third-order valence-electron chi connectivity index (χ3n) is 1.64. The summed E-state index contributed by atoms with van der Waals surface area (Å²) in [4.78, 5) is 0. The van der Waals surface area contributed by atoms with E-state index in [-0.39, 0.29) is 5.69 Å². The number of hydrogen-bond acceptors (Lipinski definition) is 2. The van der Waals surface area contributed by atoms with Gasteiger partial charge in [0, 0.05) is 0 Å². The quantitative estimate of drug-likeness (QED) is 0.655. The molecule has 13 heavy (non-hydrogen) atoms. The molecule has 1 aliphatic rings. The number of hydrogen-bond donors (Lipinski definition) is 0. The molecule has 67 valence electrons. The van der Waals surface area contributed by atoms with Crippen LogP contribution in [0.2, 0.25) is 0 Å². The van der Waals surface area contributed by atoms with Gasteiger partial charge in [0.05, 0.1) is 11.3 Å². The van der Waals surface area contributed by atoms with Crippen molar-refractivity contribution in [2.45, 2.75) is 6.18 Å². The van der Waals surface area contributed by atoms with E-state index in [4.69, 9.17) is 0 Å². The van der Waals surface area contributed by atoms with E-state index in [0.29, 0.717) is 0 Å². The topological polar surface area (TPSA) is 15.4 Å². The SMILES string of the molecule is FC(F)(F)c1ccccc1N1[C]=N1. The van der Waals surface area contributed by atoms with E-state index in [9.17, 15) is 13.2 Å². The number of para-hydroxylation sites is 1. The van der Waals surface area contributed by atoms with E-state index < -0.39 is 11.7 Å². The molecule has 0 aliphatic carbocycles. The average molecular weight is 185 g/mol. The Morgan fingerprint density at radius 2 is 1.85 bits per heavy atom. The van der Waals surface area contributed by atoms with Crippen LogP contribution >= 0.6 is 0 Å². The summed E-state index contributed by atoms with van der Waals surface area (Å²) in [6, 6.07) is 5.24. The Morgan fingerprint density at radius 3 is 2.38 bits per heavy atom. The first-order valence-corrected chi connectivity index (χ1v) is 3.52. The summed E-state index contributed by atoms with van der Waals surface area (Å²) in [6.07, 6.45) is -2.02. The lowest BCUT2D eigenvalue weighted by atomic mass is 10.2. The molecule has 1 heterocycles. The van der Waals surface area contributed by atoms with Gasteiger partial charge in [-0.2, -0.15) is 13.2 Å². The molecule has 1 aromatic carbocycles. The highest BCUT2D eigenvalue weighted by Crippen LogP contribution is 2.37. The molecule has 1 aliphatic heterocycles. The van der Waals surface area contributed by atoms with E-state index in [1.807, 2.05) is 0 Å². The molecule has 0 spiro atoms. The van der Waals surface area contributed by atoms with Gasteiger partial charge in [-0.3, -0.25) is 0 Å². The second kappa shape index (κ2) is 2.48. The fourth-order valence-corrected chi connectivity index (χ4v) is 1.03. The Morgan fingerprint density at radius 1 is 1.23 bits per heavy atom. The van der Waals surface area contributed by atoms with E-state index in [1.54, 1.807) is 0 Å². The van der Waals surface area contributed by atoms with E-state index in [1.165, 1.54) is 18.2 Å². The van der Waals surface area contributed by atoms with Crippen LogP contribution in [0.25, 0.3) is 0 Å². The smallest absolute Gasteiger partial charge is 0.207 e. The van der Waals surface area contributed by atoms with Crippen LogP contribution in [0.15, 0.2) is 29.4 Å². The molecular formula is C8H4F3N2. The molecular weight excluding hydrogens is 181 g/mol. The average Bonchev–Trinajstić information content (AvgIpc) is 2.85. The van der Waals surface area contributed by atoms with Gasteiger partial charge in [-0.15, -0.1) is 5.10 Å². The number of rotatable bonds is 1. The minimum atomic E-state index is -4.34. The summed E-state index contributed by atoms with van der Waals surface area (Å²) in [6.45, 7) is 0. The third kappa shape index (κ3) is 1.49. The van der Waals surface area contributed by atoms with Gasteiger partial charge < -0.3 is 0 Å². The number of alkyl halides is 3. The molecule has 0 saturated carbocycles. The normalized spacial score (nSPS) is 14.8. The molecule has 0 fully saturated rings. The predicted molar refractivity (Wildman–Crippen MR) is 41.4 cm³/mol. The van der Waals surface area contributed by atoms with E-state index in [2.05, 4.69) is 11.4 Å². The molecule has 0 unspecified atom stereocenters. The van der Waals surface area contributed by atoms with Gasteiger partial charge in [0.2, 0.25) is 6.34 Å². The van der Waals surface area contributed by atoms with Gasteiger partial charge in [0.25, 0.3) is 0 Å². The van der Waals surface area contributed by atoms with Crippen molar-refractivity contribution in [3.05, 3.63) is 29.8 Å². The van der Waals surface area contributed by atoms with Crippen molar-refractivity contribution in [2.24, 2.45) is 5.10 Å². The van der Waals surface area contributed by atoms with Crippen LogP contribution in [0.1, 0.15) is 5.56 Å². The maximum absolute atomic E-state index is 12.3. The fraction of sp³-hybridized carbons (Fsp3) is 0.125. The first-order chi connectivity index (χ1) is 6.09. The summed E-state index contributed by atoms with van der Waals surface area (Å²) in [5, 5.41) is 4.50. The highest BCUT2D eigenvalue weighted by atomic mass is 19.4. The number of nitrogens with zero attached hydrogens (tertiary/aromatic N) is 2. The van der Waals surface area contributed by atoms with Crippen molar-refractivity contribution in [1.29, 1.82) is 0 Å². The standard InChI is InChI=1S/C8H4F3N2/c9-8(10,11)6-3-1-2-4-7(6)13-5-12-13/h1-4H. The predicted octanol–water partition coefficient (Wildman–Crippen LogP) is 2.35. The molecule has 2 rings (SSSR count). The maximum Gasteiger partial charge on any atom is 0.418 e. The zero-order valence-corrected chi connectivity index (χ0v) is 6.34. The number of anilines is 1. The van der Waals surface area contributed by atoms with Crippen LogP contribution in [0.4, 0.5) is 18.9 Å². The van der Waals surface area contributed by atoms with Crippen molar-refractivity contribution in [2.75, 3.05) is 5.01 Å². The van der Waals surface area contributed by atoms with Crippen LogP contribution in [-0.4, -0.2) is 6.34 Å². The largest absolute Gasteiger partial charge is 0.418 e. The zero-order chi connectivity index (χ0) is 9.47. The van der Waals surface area contributed by atoms with Crippen molar-refractivity contribution in [3.63, 3.8) is 0 Å². The molecule has 5 heteroatoms. The maximum atomic E-state index is 12.3. The highest BCUT2D eigenvalue weighted by Gasteiger charge is 2.35. The van der Waals surface area contributed by atoms with Crippen molar-refractivity contribution in [3.8, 4) is 0 Å². The summed E-state index contributed by atoms with van der Waals surface area (Å²) >= 11 is 0. The summed E-state index contributed by atoms with van der Waals surface area (Å²) in [7, 11) is 0. The van der Waals surface area contributed by atoms with Gasteiger partial charge >= 0.3 is 6.18 Å². The fourth-order valence-electron chi connectivity index (χ4n) is 1.03. The molecule has 1 radical (unpaired) electrons.